The van der Waals surface area contributed by atoms with Crippen molar-refractivity contribution in [1.29, 1.82) is 0 Å². The first-order valence-corrected chi connectivity index (χ1v) is 14.4. The van der Waals surface area contributed by atoms with Gasteiger partial charge in [0.25, 0.3) is 5.56 Å². The van der Waals surface area contributed by atoms with Gasteiger partial charge in [0, 0.05) is 0 Å². The smallest absolute Gasteiger partial charge is 0.344 e. The Morgan fingerprint density at radius 2 is 1.76 bits per heavy atom. The summed E-state index contributed by atoms with van der Waals surface area (Å²) >= 11 is 1.22. The molecule has 1 aliphatic heterocycles. The second-order valence-corrected chi connectivity index (χ2v) is 10.6. The van der Waals surface area contributed by atoms with Gasteiger partial charge in [-0.05, 0) is 76.1 Å². The number of allylic oxidation sites excluding steroid dienone is 1. The molecule has 0 unspecified atom stereocenters. The minimum atomic E-state index is -0.789. The molecule has 222 valence electrons. The molecule has 0 aliphatic carbocycles. The Morgan fingerprint density at radius 1 is 1.05 bits per heavy atom. The van der Waals surface area contributed by atoms with Gasteiger partial charge < -0.3 is 23.7 Å². The van der Waals surface area contributed by atoms with E-state index in [1.54, 1.807) is 63.2 Å². The van der Waals surface area contributed by atoms with Gasteiger partial charge >= 0.3 is 11.9 Å². The Hall–Kier alpha value is -4.38. The van der Waals surface area contributed by atoms with E-state index in [-0.39, 0.29) is 37.1 Å². The van der Waals surface area contributed by atoms with Crippen LogP contribution in [-0.4, -0.2) is 49.5 Å². The van der Waals surface area contributed by atoms with E-state index in [0.717, 1.165) is 5.56 Å². The van der Waals surface area contributed by atoms with Crippen LogP contribution >= 0.6 is 11.3 Å². The Morgan fingerprint density at radius 3 is 2.40 bits per heavy atom. The predicted octanol–water partition coefficient (Wildman–Crippen LogP) is 3.54. The second kappa shape index (κ2) is 13.5. The highest BCUT2D eigenvalue weighted by Crippen LogP contribution is 2.36. The van der Waals surface area contributed by atoms with Crippen LogP contribution < -0.4 is 29.1 Å². The third kappa shape index (κ3) is 6.73. The molecule has 1 aliphatic rings. The lowest BCUT2D eigenvalue weighted by molar-refractivity contribution is -0.145. The number of aromatic nitrogens is 1. The highest BCUT2D eigenvalue weighted by molar-refractivity contribution is 7.07. The van der Waals surface area contributed by atoms with E-state index in [2.05, 4.69) is 4.99 Å². The molecule has 1 atom stereocenters. The standard InChI is InChI=1S/C31H34N2O8S/c1-7-38-26(34)17-40-22-12-9-20(10-13-22)15-25-29(35)33-28(21-11-14-23(41-18(3)4)24(16-21)37-6)27(30(36)39-8-2)19(5)32-31(33)42-25/h9-16,18,28H,7-8,17H2,1-6H3/b25-15-/t28-/m1/s1. The van der Waals surface area contributed by atoms with Crippen LogP contribution in [0.1, 0.15) is 51.8 Å². The number of esters is 2. The zero-order valence-electron chi connectivity index (χ0n) is 24.5. The molecule has 0 saturated carbocycles. The molecule has 0 saturated heterocycles. The Bertz CT molecular complexity index is 1670. The number of hydrogen-bond acceptors (Lipinski definition) is 10. The number of rotatable bonds is 11. The van der Waals surface area contributed by atoms with Gasteiger partial charge in [-0.1, -0.05) is 29.5 Å². The van der Waals surface area contributed by atoms with Crippen LogP contribution in [0.4, 0.5) is 0 Å². The van der Waals surface area contributed by atoms with Crippen LogP contribution in [0, 0.1) is 0 Å². The summed E-state index contributed by atoms with van der Waals surface area (Å²) in [6, 6.07) is 11.5. The lowest BCUT2D eigenvalue weighted by atomic mass is 9.95. The number of ether oxygens (including phenoxy) is 5. The average Bonchev–Trinajstić information content (AvgIpc) is 3.26. The number of fused-ring (bicyclic) bond motifs is 1. The molecule has 0 N–H and O–H groups in total. The molecular weight excluding hydrogens is 560 g/mol. The zero-order chi connectivity index (χ0) is 30.4. The fourth-order valence-corrected chi connectivity index (χ4v) is 5.52. The van der Waals surface area contributed by atoms with Crippen molar-refractivity contribution in [3.63, 3.8) is 0 Å². The molecule has 10 nitrogen and oxygen atoms in total. The number of thiazole rings is 1. The Kier molecular flexibility index (Phi) is 9.84. The van der Waals surface area contributed by atoms with E-state index in [1.165, 1.54) is 23.0 Å². The summed E-state index contributed by atoms with van der Waals surface area (Å²) in [4.78, 5) is 43.7. The lowest BCUT2D eigenvalue weighted by Crippen LogP contribution is -2.40. The van der Waals surface area contributed by atoms with E-state index < -0.39 is 18.0 Å². The molecule has 4 rings (SSSR count). The molecule has 0 fully saturated rings. The number of nitrogens with zero attached hydrogens (tertiary/aromatic N) is 2. The van der Waals surface area contributed by atoms with Crippen molar-refractivity contribution in [1.82, 2.24) is 4.57 Å². The van der Waals surface area contributed by atoms with Crippen LogP contribution in [0.25, 0.3) is 6.08 Å². The zero-order valence-corrected chi connectivity index (χ0v) is 25.3. The van der Waals surface area contributed by atoms with Gasteiger partial charge in [-0.25, -0.2) is 14.6 Å². The molecule has 3 aromatic rings. The first-order valence-electron chi connectivity index (χ1n) is 13.6. The van der Waals surface area contributed by atoms with Crippen LogP contribution in [0.5, 0.6) is 17.2 Å². The summed E-state index contributed by atoms with van der Waals surface area (Å²) in [6.45, 7) is 9.30. The first-order chi connectivity index (χ1) is 20.2. The summed E-state index contributed by atoms with van der Waals surface area (Å²) in [7, 11) is 1.54. The Balaban J connectivity index is 1.78. The maximum Gasteiger partial charge on any atom is 0.344 e. The quantitative estimate of drug-likeness (QED) is 0.310. The predicted molar refractivity (Wildman–Crippen MR) is 158 cm³/mol. The SMILES string of the molecule is CCOC(=O)COc1ccc(/C=c2\sc3n(c2=O)[C@H](c2ccc(OC(C)C)c(OC)c2)C(C(=O)OCC)=C(C)N=3)cc1. The van der Waals surface area contributed by atoms with Crippen LogP contribution in [-0.2, 0) is 19.1 Å². The number of carbonyl (C=O) groups is 2. The molecule has 11 heteroatoms. The van der Waals surface area contributed by atoms with Crippen LogP contribution in [0.2, 0.25) is 0 Å². The van der Waals surface area contributed by atoms with Crippen molar-refractivity contribution in [3.05, 3.63) is 84.5 Å². The molecule has 0 spiro atoms. The largest absolute Gasteiger partial charge is 0.493 e. The molecule has 0 radical (unpaired) electrons. The van der Waals surface area contributed by atoms with Gasteiger partial charge in [-0.15, -0.1) is 0 Å². The van der Waals surface area contributed by atoms with Crippen molar-refractivity contribution in [2.45, 2.75) is 46.8 Å². The summed E-state index contributed by atoms with van der Waals surface area (Å²) in [6.07, 6.45) is 1.68. The van der Waals surface area contributed by atoms with E-state index in [4.69, 9.17) is 23.7 Å². The molecular formula is C31H34N2O8S. The van der Waals surface area contributed by atoms with Crippen molar-refractivity contribution >= 4 is 29.4 Å². The maximum absolute atomic E-state index is 13.9. The summed E-state index contributed by atoms with van der Waals surface area (Å²) < 4.78 is 29.1. The molecule has 2 heterocycles. The van der Waals surface area contributed by atoms with Crippen molar-refractivity contribution in [2.24, 2.45) is 4.99 Å². The normalized spacial score (nSPS) is 14.7. The number of benzene rings is 2. The van der Waals surface area contributed by atoms with Gasteiger partial charge in [-0.3, -0.25) is 9.36 Å². The molecule has 0 bridgehead atoms. The highest BCUT2D eigenvalue weighted by atomic mass is 32.1. The first kappa shape index (κ1) is 30.6. The van der Waals surface area contributed by atoms with Crippen molar-refractivity contribution < 1.29 is 33.3 Å². The van der Waals surface area contributed by atoms with Gasteiger partial charge in [0.2, 0.25) is 0 Å². The molecule has 42 heavy (non-hydrogen) atoms. The van der Waals surface area contributed by atoms with Gasteiger partial charge in [0.15, 0.2) is 22.9 Å². The monoisotopic (exact) mass is 594 g/mol. The third-order valence-electron chi connectivity index (χ3n) is 6.22. The summed E-state index contributed by atoms with van der Waals surface area (Å²) in [5, 5.41) is 0. The minimum Gasteiger partial charge on any atom is -0.493 e. The van der Waals surface area contributed by atoms with Gasteiger partial charge in [0.05, 0.1) is 48.3 Å². The highest BCUT2D eigenvalue weighted by Gasteiger charge is 2.34. The van der Waals surface area contributed by atoms with Gasteiger partial charge in [-0.2, -0.15) is 0 Å². The van der Waals surface area contributed by atoms with E-state index in [9.17, 15) is 14.4 Å². The van der Waals surface area contributed by atoms with Gasteiger partial charge in [0.1, 0.15) is 5.75 Å². The van der Waals surface area contributed by atoms with E-state index >= 15 is 0 Å². The Labute approximate surface area is 247 Å². The molecule has 0 amide bonds. The molecule has 2 aromatic carbocycles. The lowest BCUT2D eigenvalue weighted by Gasteiger charge is -2.25. The van der Waals surface area contributed by atoms with Crippen molar-refractivity contribution in [3.8, 4) is 17.2 Å². The maximum atomic E-state index is 13.9. The number of carbonyl (C=O) groups excluding carboxylic acids is 2. The topological polar surface area (TPSA) is 115 Å². The molecule has 1 aromatic heterocycles. The van der Waals surface area contributed by atoms with Crippen LogP contribution in [0.15, 0.2) is 63.5 Å². The summed E-state index contributed by atoms with van der Waals surface area (Å²) in [5.41, 5.74) is 1.84. The summed E-state index contributed by atoms with van der Waals surface area (Å²) in [5.74, 6) is 0.533. The average molecular weight is 595 g/mol. The van der Waals surface area contributed by atoms with Crippen molar-refractivity contribution in [2.75, 3.05) is 26.9 Å². The van der Waals surface area contributed by atoms with E-state index in [1.807, 2.05) is 19.9 Å². The van der Waals surface area contributed by atoms with Crippen LogP contribution in [0.3, 0.4) is 0 Å². The fourth-order valence-electron chi connectivity index (χ4n) is 4.47. The minimum absolute atomic E-state index is 0.0714. The third-order valence-corrected chi connectivity index (χ3v) is 7.21. The fraction of sp³-hybridized carbons (Fsp3) is 0.355. The number of hydrogen-bond donors (Lipinski definition) is 0. The number of methoxy groups -OCH3 is 1. The van der Waals surface area contributed by atoms with E-state index in [0.29, 0.717) is 37.8 Å². The second-order valence-electron chi connectivity index (χ2n) is 9.54.